The van der Waals surface area contributed by atoms with Gasteiger partial charge in [-0.3, -0.25) is 0 Å². The number of nitrogens with zero attached hydrogens (tertiary/aromatic N) is 1. The first-order valence-electron chi connectivity index (χ1n) is 6.08. The van der Waals surface area contributed by atoms with Gasteiger partial charge in [-0.1, -0.05) is 0 Å². The molecule has 0 aliphatic carbocycles. The fraction of sp³-hybridized carbons (Fsp3) is 0.357. The molecule has 2 rings (SSSR count). The van der Waals surface area contributed by atoms with Gasteiger partial charge in [-0.25, -0.2) is 4.98 Å². The summed E-state index contributed by atoms with van der Waals surface area (Å²) in [4.78, 5) is 7.00. The molecule has 18 heavy (non-hydrogen) atoms. The summed E-state index contributed by atoms with van der Waals surface area (Å²) in [6, 6.07) is 6.04. The Bertz CT molecular complexity index is 503. The Hall–Kier alpha value is -1.55. The van der Waals surface area contributed by atoms with E-state index in [0.29, 0.717) is 6.61 Å². The maximum Gasteiger partial charge on any atom is 0.169 e. The third-order valence-corrected chi connectivity index (χ3v) is 3.87. The van der Waals surface area contributed by atoms with Gasteiger partial charge in [0, 0.05) is 16.0 Å². The number of rotatable bonds is 5. The molecule has 1 N–H and O–H groups in total. The average molecular weight is 262 g/mol. The first-order chi connectivity index (χ1) is 8.70. The number of nitrogens with one attached hydrogen (secondary N) is 1. The first kappa shape index (κ1) is 12.9. The largest absolute Gasteiger partial charge is 0.490 e. The summed E-state index contributed by atoms with van der Waals surface area (Å²) >= 11 is 1.82. The Morgan fingerprint density at radius 2 is 2.22 bits per heavy atom. The Labute approximate surface area is 112 Å². The van der Waals surface area contributed by atoms with Crippen molar-refractivity contribution in [3.05, 3.63) is 39.7 Å². The molecule has 0 radical (unpaired) electrons. The highest BCUT2D eigenvalue weighted by Crippen LogP contribution is 2.24. The molecule has 0 atom stereocenters. The van der Waals surface area contributed by atoms with Crippen LogP contribution in [-0.4, -0.2) is 11.6 Å². The molecule has 0 fully saturated rings. The van der Waals surface area contributed by atoms with Gasteiger partial charge in [0.15, 0.2) is 11.6 Å². The number of pyridine rings is 1. The van der Waals surface area contributed by atoms with Crippen molar-refractivity contribution in [1.29, 1.82) is 0 Å². The molecule has 0 saturated heterocycles. The summed E-state index contributed by atoms with van der Waals surface area (Å²) in [5.74, 6) is 1.62. The Morgan fingerprint density at radius 3 is 2.89 bits per heavy atom. The molecule has 96 valence electrons. The zero-order valence-corrected chi connectivity index (χ0v) is 11.8. The fourth-order valence-corrected chi connectivity index (χ4v) is 2.70. The lowest BCUT2D eigenvalue weighted by molar-refractivity contribution is 0.340. The number of thiophene rings is 1. The van der Waals surface area contributed by atoms with Gasteiger partial charge in [0.2, 0.25) is 0 Å². The van der Waals surface area contributed by atoms with Crippen LogP contribution in [0.5, 0.6) is 5.75 Å². The van der Waals surface area contributed by atoms with Gasteiger partial charge in [0.1, 0.15) is 0 Å². The van der Waals surface area contributed by atoms with E-state index in [0.717, 1.165) is 18.1 Å². The highest BCUT2D eigenvalue weighted by atomic mass is 32.1. The standard InChI is InChI=1S/C14H18N2OS/c1-4-17-13-6-5-7-15-14(13)16-9-12-8-10(2)11(3)18-12/h5-8H,4,9H2,1-3H3,(H,15,16). The van der Waals surface area contributed by atoms with Gasteiger partial charge in [0.25, 0.3) is 0 Å². The van der Waals surface area contributed by atoms with E-state index >= 15 is 0 Å². The van der Waals surface area contributed by atoms with Crippen LogP contribution < -0.4 is 10.1 Å². The van der Waals surface area contributed by atoms with E-state index in [1.54, 1.807) is 6.20 Å². The third kappa shape index (κ3) is 3.01. The van der Waals surface area contributed by atoms with Crippen LogP contribution in [0.2, 0.25) is 0 Å². The van der Waals surface area contributed by atoms with Gasteiger partial charge in [0.05, 0.1) is 13.2 Å². The van der Waals surface area contributed by atoms with Crippen LogP contribution in [0.15, 0.2) is 24.4 Å². The highest BCUT2D eigenvalue weighted by molar-refractivity contribution is 7.12. The number of hydrogen-bond acceptors (Lipinski definition) is 4. The monoisotopic (exact) mass is 262 g/mol. The molecule has 0 aromatic carbocycles. The van der Waals surface area contributed by atoms with Gasteiger partial charge in [-0.2, -0.15) is 0 Å². The second-order valence-corrected chi connectivity index (χ2v) is 5.43. The normalized spacial score (nSPS) is 10.4. The molecule has 3 nitrogen and oxygen atoms in total. The zero-order chi connectivity index (χ0) is 13.0. The Balaban J connectivity index is 2.05. The maximum atomic E-state index is 5.53. The lowest BCUT2D eigenvalue weighted by Gasteiger charge is -2.09. The molecule has 2 aromatic rings. The zero-order valence-electron chi connectivity index (χ0n) is 11.0. The molecule has 0 saturated carbocycles. The molecular formula is C14H18N2OS. The lowest BCUT2D eigenvalue weighted by Crippen LogP contribution is -2.03. The summed E-state index contributed by atoms with van der Waals surface area (Å²) in [6.07, 6.45) is 1.77. The second-order valence-electron chi connectivity index (χ2n) is 4.09. The second kappa shape index (κ2) is 5.87. The van der Waals surface area contributed by atoms with Crippen LogP contribution in [-0.2, 0) is 6.54 Å². The van der Waals surface area contributed by atoms with E-state index in [9.17, 15) is 0 Å². The molecule has 4 heteroatoms. The first-order valence-corrected chi connectivity index (χ1v) is 6.90. The summed E-state index contributed by atoms with van der Waals surface area (Å²) in [5, 5.41) is 3.33. The van der Waals surface area contributed by atoms with Crippen molar-refractivity contribution >= 4 is 17.2 Å². The minimum absolute atomic E-state index is 0.650. The summed E-state index contributed by atoms with van der Waals surface area (Å²) in [6.45, 7) is 7.70. The van der Waals surface area contributed by atoms with Crippen molar-refractivity contribution < 1.29 is 4.74 Å². The summed E-state index contributed by atoms with van der Waals surface area (Å²) in [5.41, 5.74) is 1.35. The highest BCUT2D eigenvalue weighted by Gasteiger charge is 2.05. The number of anilines is 1. The molecular weight excluding hydrogens is 244 g/mol. The van der Waals surface area contributed by atoms with Crippen LogP contribution in [0.25, 0.3) is 0 Å². The topological polar surface area (TPSA) is 34.1 Å². The fourth-order valence-electron chi connectivity index (χ4n) is 1.70. The molecule has 0 unspecified atom stereocenters. The van der Waals surface area contributed by atoms with E-state index in [1.165, 1.54) is 15.3 Å². The number of hydrogen-bond donors (Lipinski definition) is 1. The van der Waals surface area contributed by atoms with Crippen molar-refractivity contribution in [1.82, 2.24) is 4.98 Å². The Morgan fingerprint density at radius 1 is 1.39 bits per heavy atom. The smallest absolute Gasteiger partial charge is 0.169 e. The number of ether oxygens (including phenoxy) is 1. The van der Waals surface area contributed by atoms with E-state index < -0.39 is 0 Å². The predicted octanol–water partition coefficient (Wildman–Crippen LogP) is 3.77. The van der Waals surface area contributed by atoms with Crippen LogP contribution in [0, 0.1) is 13.8 Å². The minimum atomic E-state index is 0.650. The van der Waals surface area contributed by atoms with Crippen molar-refractivity contribution in [3.63, 3.8) is 0 Å². The van der Waals surface area contributed by atoms with Gasteiger partial charge < -0.3 is 10.1 Å². The van der Waals surface area contributed by atoms with Gasteiger partial charge in [-0.15, -0.1) is 11.3 Å². The minimum Gasteiger partial charge on any atom is -0.490 e. The van der Waals surface area contributed by atoms with Crippen LogP contribution in [0.4, 0.5) is 5.82 Å². The number of aryl methyl sites for hydroxylation is 2. The Kier molecular flexibility index (Phi) is 4.20. The summed E-state index contributed by atoms with van der Waals surface area (Å²) in [7, 11) is 0. The van der Waals surface area contributed by atoms with Crippen LogP contribution >= 0.6 is 11.3 Å². The molecule has 0 spiro atoms. The number of aromatic nitrogens is 1. The van der Waals surface area contributed by atoms with E-state index in [4.69, 9.17) is 4.74 Å². The lowest BCUT2D eigenvalue weighted by atomic mass is 10.3. The molecule has 2 heterocycles. The van der Waals surface area contributed by atoms with E-state index in [-0.39, 0.29) is 0 Å². The van der Waals surface area contributed by atoms with E-state index in [1.807, 2.05) is 30.4 Å². The van der Waals surface area contributed by atoms with Crippen LogP contribution in [0.1, 0.15) is 22.2 Å². The van der Waals surface area contributed by atoms with Crippen LogP contribution in [0.3, 0.4) is 0 Å². The third-order valence-electron chi connectivity index (χ3n) is 2.72. The average Bonchev–Trinajstić information content (AvgIpc) is 2.68. The molecule has 0 aliphatic rings. The van der Waals surface area contributed by atoms with Gasteiger partial charge in [-0.05, 0) is 44.5 Å². The molecule has 0 bridgehead atoms. The molecule has 0 amide bonds. The van der Waals surface area contributed by atoms with Crippen molar-refractivity contribution in [2.45, 2.75) is 27.3 Å². The predicted molar refractivity (Wildman–Crippen MR) is 76.5 cm³/mol. The molecule has 0 aliphatic heterocycles. The van der Waals surface area contributed by atoms with Crippen molar-refractivity contribution in [2.24, 2.45) is 0 Å². The SMILES string of the molecule is CCOc1cccnc1NCc1cc(C)c(C)s1. The van der Waals surface area contributed by atoms with Crippen molar-refractivity contribution in [3.8, 4) is 5.75 Å². The summed E-state index contributed by atoms with van der Waals surface area (Å²) < 4.78 is 5.53. The quantitative estimate of drug-likeness (QED) is 0.890. The van der Waals surface area contributed by atoms with Gasteiger partial charge >= 0.3 is 0 Å². The van der Waals surface area contributed by atoms with E-state index in [2.05, 4.69) is 30.2 Å². The van der Waals surface area contributed by atoms with Crippen molar-refractivity contribution in [2.75, 3.05) is 11.9 Å². The maximum absolute atomic E-state index is 5.53. The molecule has 2 aromatic heterocycles.